The number of aliphatic hydroxyl groups excluding tert-OH is 1. The van der Waals surface area contributed by atoms with Gasteiger partial charge >= 0.3 is 0 Å². The average Bonchev–Trinajstić information content (AvgIpc) is 2.61. The van der Waals surface area contributed by atoms with Crippen LogP contribution >= 0.6 is 0 Å². The van der Waals surface area contributed by atoms with Crippen LogP contribution in [-0.2, 0) is 0 Å². The molecule has 2 rings (SSSR count). The van der Waals surface area contributed by atoms with Crippen LogP contribution in [0.5, 0.6) is 0 Å². The number of nitroso groups, excluding NO2 is 1. The number of nitrogens with zero attached hydrogens (tertiary/aromatic N) is 3. The molecule has 0 aromatic carbocycles. The topological polar surface area (TPSA) is 65.8 Å². The minimum Gasteiger partial charge on any atom is -0.391 e. The Hall–Kier alpha value is -1.49. The van der Waals surface area contributed by atoms with E-state index in [0.29, 0.717) is 13.0 Å². The van der Waals surface area contributed by atoms with Crippen molar-refractivity contribution in [2.45, 2.75) is 18.6 Å². The number of aliphatic hydroxyl groups is 1. The van der Waals surface area contributed by atoms with E-state index in [4.69, 9.17) is 0 Å². The number of aromatic nitrogens is 1. The third-order valence-electron chi connectivity index (χ3n) is 2.43. The summed E-state index contributed by atoms with van der Waals surface area (Å²) in [5.41, 5.74) is 0.920. The molecule has 1 aliphatic rings. The zero-order valence-electron chi connectivity index (χ0n) is 7.58. The largest absolute Gasteiger partial charge is 0.391 e. The summed E-state index contributed by atoms with van der Waals surface area (Å²) in [5, 5.41) is 13.7. The van der Waals surface area contributed by atoms with Gasteiger partial charge in [0.05, 0.1) is 24.0 Å². The van der Waals surface area contributed by atoms with Crippen LogP contribution in [0.4, 0.5) is 0 Å². The number of hydrogen-bond acceptors (Lipinski definition) is 4. The van der Waals surface area contributed by atoms with E-state index in [2.05, 4.69) is 10.3 Å². The van der Waals surface area contributed by atoms with E-state index in [1.54, 1.807) is 12.4 Å². The molecule has 1 aromatic heterocycles. The predicted molar refractivity (Wildman–Crippen MR) is 50.1 cm³/mol. The highest BCUT2D eigenvalue weighted by Crippen LogP contribution is 2.31. The molecule has 0 saturated carbocycles. The van der Waals surface area contributed by atoms with Crippen LogP contribution in [0.1, 0.15) is 18.0 Å². The lowest BCUT2D eigenvalue weighted by molar-refractivity contribution is 0.176. The Morgan fingerprint density at radius 3 is 3.14 bits per heavy atom. The van der Waals surface area contributed by atoms with E-state index < -0.39 is 6.10 Å². The molecule has 0 amide bonds. The van der Waals surface area contributed by atoms with Crippen molar-refractivity contribution >= 4 is 0 Å². The standard InChI is InChI=1S/C9H11N3O2/c13-8-4-9(12(6-8)11-14)7-2-1-3-10-5-7/h1-3,5,8-9,13H,4,6H2/t8-,9+/m1/s1. The van der Waals surface area contributed by atoms with Gasteiger partial charge in [-0.25, -0.2) is 0 Å². The van der Waals surface area contributed by atoms with Gasteiger partial charge in [0.2, 0.25) is 0 Å². The summed E-state index contributed by atoms with van der Waals surface area (Å²) < 4.78 is 0. The minimum absolute atomic E-state index is 0.129. The molecular formula is C9H11N3O2. The van der Waals surface area contributed by atoms with Crippen molar-refractivity contribution in [3.63, 3.8) is 0 Å². The van der Waals surface area contributed by atoms with Gasteiger partial charge < -0.3 is 5.11 Å². The number of β-amino-alcohol motifs (C(OH)–C–C–N with tert-alkyl or cyclic N) is 1. The summed E-state index contributed by atoms with van der Waals surface area (Å²) in [6, 6.07) is 3.56. The average molecular weight is 193 g/mol. The highest BCUT2D eigenvalue weighted by molar-refractivity contribution is 5.15. The van der Waals surface area contributed by atoms with E-state index >= 15 is 0 Å². The van der Waals surface area contributed by atoms with Crippen LogP contribution in [0.15, 0.2) is 29.8 Å². The summed E-state index contributed by atoms with van der Waals surface area (Å²) in [4.78, 5) is 14.5. The Morgan fingerprint density at radius 2 is 2.50 bits per heavy atom. The van der Waals surface area contributed by atoms with Crippen LogP contribution < -0.4 is 0 Å². The van der Waals surface area contributed by atoms with Crippen molar-refractivity contribution in [1.29, 1.82) is 0 Å². The Kier molecular flexibility index (Phi) is 2.41. The molecule has 1 fully saturated rings. The molecule has 14 heavy (non-hydrogen) atoms. The lowest BCUT2D eigenvalue weighted by Crippen LogP contribution is -2.17. The highest BCUT2D eigenvalue weighted by atomic mass is 16.3. The lowest BCUT2D eigenvalue weighted by atomic mass is 10.1. The SMILES string of the molecule is O=NN1C[C@H](O)C[C@H]1c1cccnc1. The van der Waals surface area contributed by atoms with Crippen molar-refractivity contribution in [2.75, 3.05) is 6.54 Å². The van der Waals surface area contributed by atoms with Gasteiger partial charge in [-0.1, -0.05) is 6.07 Å². The second kappa shape index (κ2) is 3.71. The first-order valence-electron chi connectivity index (χ1n) is 4.49. The van der Waals surface area contributed by atoms with Crippen LogP contribution in [0.2, 0.25) is 0 Å². The third-order valence-corrected chi connectivity index (χ3v) is 2.43. The van der Waals surface area contributed by atoms with Gasteiger partial charge in [0, 0.05) is 18.8 Å². The van der Waals surface area contributed by atoms with Gasteiger partial charge in [0.15, 0.2) is 0 Å². The molecule has 2 heterocycles. The molecule has 0 unspecified atom stereocenters. The molecular weight excluding hydrogens is 182 g/mol. The highest BCUT2D eigenvalue weighted by Gasteiger charge is 2.32. The van der Waals surface area contributed by atoms with E-state index in [9.17, 15) is 10.0 Å². The molecule has 5 nitrogen and oxygen atoms in total. The number of rotatable bonds is 2. The Bertz CT molecular complexity index is 317. The molecule has 1 aromatic rings. The predicted octanol–water partition coefficient (Wildman–Crippen LogP) is 0.871. The van der Waals surface area contributed by atoms with Crippen molar-refractivity contribution in [1.82, 2.24) is 9.99 Å². The number of hydrogen-bond donors (Lipinski definition) is 1. The molecule has 2 atom stereocenters. The summed E-state index contributed by atoms with van der Waals surface area (Å²) in [7, 11) is 0. The molecule has 0 bridgehead atoms. The first-order valence-corrected chi connectivity index (χ1v) is 4.49. The van der Waals surface area contributed by atoms with Crippen LogP contribution in [0.25, 0.3) is 0 Å². The fourth-order valence-electron chi connectivity index (χ4n) is 1.77. The molecule has 1 saturated heterocycles. The van der Waals surface area contributed by atoms with Crippen LogP contribution in [-0.4, -0.2) is 27.7 Å². The molecule has 74 valence electrons. The zero-order valence-corrected chi connectivity index (χ0v) is 7.58. The van der Waals surface area contributed by atoms with Gasteiger partial charge in [-0.3, -0.25) is 9.99 Å². The van der Waals surface area contributed by atoms with E-state index in [-0.39, 0.29) is 6.04 Å². The molecule has 0 spiro atoms. The maximum atomic E-state index is 10.5. The second-order valence-electron chi connectivity index (χ2n) is 3.40. The monoisotopic (exact) mass is 193 g/mol. The van der Waals surface area contributed by atoms with E-state index in [0.717, 1.165) is 5.56 Å². The van der Waals surface area contributed by atoms with E-state index in [1.165, 1.54) is 5.01 Å². The molecule has 1 aliphatic heterocycles. The molecule has 0 aliphatic carbocycles. The Morgan fingerprint density at radius 1 is 1.64 bits per heavy atom. The van der Waals surface area contributed by atoms with Crippen LogP contribution in [0.3, 0.4) is 0 Å². The number of pyridine rings is 1. The summed E-state index contributed by atoms with van der Waals surface area (Å²) in [6.45, 7) is 0.309. The minimum atomic E-state index is -0.474. The second-order valence-corrected chi connectivity index (χ2v) is 3.40. The molecule has 5 heteroatoms. The summed E-state index contributed by atoms with van der Waals surface area (Å²) in [5.74, 6) is 0. The lowest BCUT2D eigenvalue weighted by Gasteiger charge is -2.16. The van der Waals surface area contributed by atoms with Gasteiger partial charge in [-0.15, -0.1) is 4.91 Å². The first kappa shape index (κ1) is 9.08. The van der Waals surface area contributed by atoms with Crippen molar-refractivity contribution in [2.24, 2.45) is 5.29 Å². The van der Waals surface area contributed by atoms with Gasteiger partial charge in [-0.05, 0) is 11.6 Å². The van der Waals surface area contributed by atoms with Crippen molar-refractivity contribution in [3.05, 3.63) is 35.0 Å². The van der Waals surface area contributed by atoms with E-state index in [1.807, 2.05) is 12.1 Å². The normalized spacial score (nSPS) is 26.5. The van der Waals surface area contributed by atoms with Gasteiger partial charge in [-0.2, -0.15) is 0 Å². The quantitative estimate of drug-likeness (QED) is 0.708. The van der Waals surface area contributed by atoms with Crippen molar-refractivity contribution < 1.29 is 5.11 Å². The summed E-state index contributed by atoms with van der Waals surface area (Å²) >= 11 is 0. The van der Waals surface area contributed by atoms with Crippen LogP contribution in [0, 0.1) is 4.91 Å². The van der Waals surface area contributed by atoms with Gasteiger partial charge in [0.25, 0.3) is 0 Å². The Labute approximate surface area is 81.3 Å². The fourth-order valence-corrected chi connectivity index (χ4v) is 1.77. The third kappa shape index (κ3) is 1.58. The maximum absolute atomic E-state index is 10.5. The first-order chi connectivity index (χ1) is 6.81. The Balaban J connectivity index is 2.22. The van der Waals surface area contributed by atoms with Crippen molar-refractivity contribution in [3.8, 4) is 0 Å². The molecule has 1 N–H and O–H groups in total. The molecule has 0 radical (unpaired) electrons. The smallest absolute Gasteiger partial charge is 0.0793 e. The summed E-state index contributed by atoms with van der Waals surface area (Å²) in [6.07, 6.45) is 3.43. The zero-order chi connectivity index (χ0) is 9.97. The maximum Gasteiger partial charge on any atom is 0.0793 e. The fraction of sp³-hybridized carbons (Fsp3) is 0.444. The van der Waals surface area contributed by atoms with Gasteiger partial charge in [0.1, 0.15) is 0 Å².